The van der Waals surface area contributed by atoms with Crippen LogP contribution < -0.4 is 5.48 Å². The molecule has 0 radical (unpaired) electrons. The van der Waals surface area contributed by atoms with Crippen LogP contribution in [0.1, 0.15) is 86.8 Å². The summed E-state index contributed by atoms with van der Waals surface area (Å²) in [6.45, 7) is 6.77. The molecule has 5 aliphatic rings. The molecule has 1 aliphatic heterocycles. The zero-order valence-corrected chi connectivity index (χ0v) is 17.9. The van der Waals surface area contributed by atoms with Gasteiger partial charge in [-0.15, -0.1) is 0 Å². The Hall–Kier alpha value is -1.46. The van der Waals surface area contributed by atoms with Gasteiger partial charge in [0.25, 0.3) is 5.91 Å². The van der Waals surface area contributed by atoms with Gasteiger partial charge in [0.1, 0.15) is 0 Å². The average molecular weight is 398 g/mol. The van der Waals surface area contributed by atoms with Gasteiger partial charge in [-0.1, -0.05) is 13.8 Å². The molecule has 4 bridgehead atoms. The van der Waals surface area contributed by atoms with E-state index in [0.717, 1.165) is 48.5 Å². The molecule has 1 aromatic heterocycles. The molecule has 158 valence electrons. The maximum Gasteiger partial charge on any atom is 0.276 e. The lowest BCUT2D eigenvalue weighted by atomic mass is 9.43. The number of nitrogens with one attached hydrogen (secondary N) is 1. The molecule has 2 N–H and O–H groups in total. The second-order valence-corrected chi connectivity index (χ2v) is 10.4. The molecule has 0 atom stereocenters. The van der Waals surface area contributed by atoms with Crippen LogP contribution in [0.4, 0.5) is 0 Å². The van der Waals surface area contributed by atoms with Crippen LogP contribution in [0.2, 0.25) is 0 Å². The Kier molecular flexibility index (Phi) is 4.74. The molecule has 2 heterocycles. The van der Waals surface area contributed by atoms with Gasteiger partial charge in [0.05, 0.1) is 11.3 Å². The number of aromatic nitrogens is 1. The summed E-state index contributed by atoms with van der Waals surface area (Å²) in [6, 6.07) is 1.91. The minimum Gasteiger partial charge on any atom is -0.291 e. The van der Waals surface area contributed by atoms with Gasteiger partial charge >= 0.3 is 0 Å². The molecule has 1 amide bonds. The van der Waals surface area contributed by atoms with E-state index in [9.17, 15) is 4.79 Å². The number of carbonyl (C=O) groups excluding carboxylic acids is 1. The number of hydroxylamine groups is 1. The number of amides is 1. The maximum absolute atomic E-state index is 11.8. The standard InChI is InChI=1S/C24H35N3O2/c1-3-24(4-2,23-11-16-7-17(12-23)9-18(8-16)13-23)27-6-5-19-10-20(22(28)26-29)14-25-21(19)15-27/h10,14,16-18,29H,3-9,11-13,15H2,1-2H3,(H,26,28). The van der Waals surface area contributed by atoms with Crippen molar-refractivity contribution in [3.63, 3.8) is 0 Å². The molecule has 0 aromatic carbocycles. The molecule has 0 unspecified atom stereocenters. The summed E-state index contributed by atoms with van der Waals surface area (Å²) in [4.78, 5) is 19.2. The number of hydrogen-bond acceptors (Lipinski definition) is 4. The Balaban J connectivity index is 1.46. The predicted molar refractivity (Wildman–Crippen MR) is 112 cm³/mol. The zero-order chi connectivity index (χ0) is 20.2. The summed E-state index contributed by atoms with van der Waals surface area (Å²) < 4.78 is 0. The number of pyridine rings is 1. The van der Waals surface area contributed by atoms with E-state index in [1.165, 1.54) is 51.4 Å². The fourth-order valence-corrected chi connectivity index (χ4v) is 8.43. The second kappa shape index (κ2) is 7.05. The molecule has 29 heavy (non-hydrogen) atoms. The van der Waals surface area contributed by atoms with E-state index in [2.05, 4.69) is 23.7 Å². The molecule has 5 nitrogen and oxygen atoms in total. The molecule has 0 saturated heterocycles. The number of nitrogens with zero attached hydrogens (tertiary/aromatic N) is 2. The van der Waals surface area contributed by atoms with Crippen molar-refractivity contribution >= 4 is 5.91 Å². The van der Waals surface area contributed by atoms with E-state index >= 15 is 0 Å². The topological polar surface area (TPSA) is 65.5 Å². The first-order valence-electron chi connectivity index (χ1n) is 11.7. The maximum atomic E-state index is 11.8. The summed E-state index contributed by atoms with van der Waals surface area (Å²) >= 11 is 0. The SMILES string of the molecule is CCC(CC)(N1CCc2cc(C(=O)NO)cnc2C1)C12CC3CC(CC(C3)C1)C2. The third-order valence-electron chi connectivity index (χ3n) is 9.22. The van der Waals surface area contributed by atoms with Crippen molar-refractivity contribution in [2.24, 2.45) is 23.2 Å². The highest BCUT2D eigenvalue weighted by molar-refractivity contribution is 5.93. The first kappa shape index (κ1) is 19.5. The molecule has 0 spiro atoms. The monoisotopic (exact) mass is 397 g/mol. The third-order valence-corrected chi connectivity index (χ3v) is 9.22. The minimum absolute atomic E-state index is 0.267. The molecular weight excluding hydrogens is 362 g/mol. The van der Waals surface area contributed by atoms with Crippen LogP contribution in [0.15, 0.2) is 12.3 Å². The van der Waals surface area contributed by atoms with Gasteiger partial charge < -0.3 is 0 Å². The van der Waals surface area contributed by atoms with E-state index in [0.29, 0.717) is 11.0 Å². The van der Waals surface area contributed by atoms with Crippen LogP contribution in [0.5, 0.6) is 0 Å². The molecule has 4 saturated carbocycles. The van der Waals surface area contributed by atoms with Gasteiger partial charge in [-0.25, -0.2) is 5.48 Å². The fourth-order valence-electron chi connectivity index (χ4n) is 8.43. The number of carbonyl (C=O) groups is 1. The van der Waals surface area contributed by atoms with Gasteiger partial charge in [-0.05, 0) is 92.6 Å². The predicted octanol–water partition coefficient (Wildman–Crippen LogP) is 4.33. The van der Waals surface area contributed by atoms with Gasteiger partial charge in [-0.2, -0.15) is 0 Å². The van der Waals surface area contributed by atoms with Crippen LogP contribution in [-0.4, -0.2) is 33.1 Å². The fraction of sp³-hybridized carbons (Fsp3) is 0.750. The van der Waals surface area contributed by atoms with Crippen LogP contribution in [0.3, 0.4) is 0 Å². The molecule has 4 fully saturated rings. The van der Waals surface area contributed by atoms with Crippen molar-refractivity contribution in [3.05, 3.63) is 29.1 Å². The van der Waals surface area contributed by atoms with E-state index in [4.69, 9.17) is 5.21 Å². The third kappa shape index (κ3) is 2.88. The number of fused-ring (bicyclic) bond motifs is 1. The Bertz CT molecular complexity index is 766. The van der Waals surface area contributed by atoms with Crippen molar-refractivity contribution in [3.8, 4) is 0 Å². The Morgan fingerprint density at radius 3 is 2.38 bits per heavy atom. The van der Waals surface area contributed by atoms with E-state index in [-0.39, 0.29) is 5.54 Å². The van der Waals surface area contributed by atoms with Crippen molar-refractivity contribution < 1.29 is 10.0 Å². The minimum atomic E-state index is -0.479. The normalized spacial score (nSPS) is 33.6. The number of hydrogen-bond donors (Lipinski definition) is 2. The van der Waals surface area contributed by atoms with Crippen molar-refractivity contribution in [1.29, 1.82) is 0 Å². The number of rotatable bonds is 5. The van der Waals surface area contributed by atoms with Gasteiger partial charge in [0.15, 0.2) is 0 Å². The highest BCUT2D eigenvalue weighted by atomic mass is 16.5. The lowest BCUT2D eigenvalue weighted by Crippen LogP contribution is -2.65. The Morgan fingerprint density at radius 1 is 1.21 bits per heavy atom. The summed E-state index contributed by atoms with van der Waals surface area (Å²) in [5.41, 5.74) is 5.19. The summed E-state index contributed by atoms with van der Waals surface area (Å²) in [6.07, 6.45) is 13.8. The largest absolute Gasteiger partial charge is 0.291 e. The first-order chi connectivity index (χ1) is 14.0. The molecule has 5 heteroatoms. The highest BCUT2D eigenvalue weighted by Gasteiger charge is 2.60. The van der Waals surface area contributed by atoms with E-state index in [1.807, 2.05) is 6.07 Å². The molecule has 6 rings (SSSR count). The molecule has 1 aromatic rings. The summed E-state index contributed by atoms with van der Waals surface area (Å²) in [5, 5.41) is 8.92. The zero-order valence-electron chi connectivity index (χ0n) is 17.9. The summed E-state index contributed by atoms with van der Waals surface area (Å²) in [7, 11) is 0. The van der Waals surface area contributed by atoms with E-state index < -0.39 is 5.91 Å². The van der Waals surface area contributed by atoms with Crippen molar-refractivity contribution in [2.75, 3.05) is 6.54 Å². The van der Waals surface area contributed by atoms with Gasteiger partial charge in [0.2, 0.25) is 0 Å². The Morgan fingerprint density at radius 2 is 1.83 bits per heavy atom. The highest BCUT2D eigenvalue weighted by Crippen LogP contribution is 2.66. The van der Waals surface area contributed by atoms with Crippen LogP contribution in [0.25, 0.3) is 0 Å². The van der Waals surface area contributed by atoms with Crippen molar-refractivity contribution in [2.45, 2.75) is 83.7 Å². The Labute approximate surface area is 174 Å². The quantitative estimate of drug-likeness (QED) is 0.573. The second-order valence-electron chi connectivity index (χ2n) is 10.4. The van der Waals surface area contributed by atoms with Crippen LogP contribution in [0, 0.1) is 23.2 Å². The summed E-state index contributed by atoms with van der Waals surface area (Å²) in [5.74, 6) is 2.42. The smallest absolute Gasteiger partial charge is 0.276 e. The molecular formula is C24H35N3O2. The lowest BCUT2D eigenvalue weighted by molar-refractivity contribution is -0.157. The first-order valence-corrected chi connectivity index (χ1v) is 11.7. The van der Waals surface area contributed by atoms with E-state index in [1.54, 1.807) is 11.7 Å². The molecule has 4 aliphatic carbocycles. The van der Waals surface area contributed by atoms with Gasteiger partial charge in [-0.3, -0.25) is 19.9 Å². The van der Waals surface area contributed by atoms with Gasteiger partial charge in [0, 0.05) is 24.8 Å². The lowest BCUT2D eigenvalue weighted by Gasteiger charge is -2.66. The van der Waals surface area contributed by atoms with Crippen LogP contribution in [-0.2, 0) is 13.0 Å². The van der Waals surface area contributed by atoms with Crippen molar-refractivity contribution in [1.82, 2.24) is 15.4 Å². The van der Waals surface area contributed by atoms with Crippen LogP contribution >= 0.6 is 0 Å². The average Bonchev–Trinajstić information content (AvgIpc) is 2.73.